The van der Waals surface area contributed by atoms with Crippen molar-refractivity contribution >= 4 is 34.2 Å². The van der Waals surface area contributed by atoms with Crippen LogP contribution < -0.4 is 0 Å². The zero-order valence-corrected chi connectivity index (χ0v) is 12.9. The van der Waals surface area contributed by atoms with E-state index in [2.05, 4.69) is 15.2 Å². The molecular formula is C13H16Cl2N4O2. The molecule has 114 valence electrons. The van der Waals surface area contributed by atoms with Gasteiger partial charge in [-0.25, -0.2) is 4.68 Å². The van der Waals surface area contributed by atoms with Crippen LogP contribution in [0.15, 0.2) is 12.1 Å². The van der Waals surface area contributed by atoms with Crippen LogP contribution in [0.4, 0.5) is 0 Å². The average molecular weight is 331 g/mol. The Hall–Kier alpha value is -0.920. The van der Waals surface area contributed by atoms with Crippen molar-refractivity contribution in [2.45, 2.75) is 12.6 Å². The van der Waals surface area contributed by atoms with Gasteiger partial charge in [0.25, 0.3) is 0 Å². The molecule has 6 nitrogen and oxygen atoms in total. The Morgan fingerprint density at radius 1 is 1.19 bits per heavy atom. The molecule has 21 heavy (non-hydrogen) atoms. The predicted molar refractivity (Wildman–Crippen MR) is 80.8 cm³/mol. The Morgan fingerprint density at radius 3 is 2.67 bits per heavy atom. The Bertz CT molecular complexity index is 628. The SMILES string of the molecule is O[C@@H](CN1CCOCC1)Cn1nnc2cc(Cl)c(Cl)cc21. The van der Waals surface area contributed by atoms with Crippen LogP contribution in [-0.2, 0) is 11.3 Å². The van der Waals surface area contributed by atoms with Gasteiger partial charge in [0.2, 0.25) is 0 Å². The fourth-order valence-electron chi connectivity index (χ4n) is 2.44. The molecule has 1 N–H and O–H groups in total. The number of morpholine rings is 1. The third kappa shape index (κ3) is 3.46. The molecule has 1 fully saturated rings. The molecule has 0 amide bonds. The summed E-state index contributed by atoms with van der Waals surface area (Å²) < 4.78 is 6.95. The number of β-amino-alcohol motifs (C(OH)–C–C–N with tert-alkyl or cyclic N) is 1. The average Bonchev–Trinajstić information content (AvgIpc) is 2.83. The predicted octanol–water partition coefficient (Wildman–Crippen LogP) is 1.43. The van der Waals surface area contributed by atoms with Crippen molar-refractivity contribution in [3.05, 3.63) is 22.2 Å². The van der Waals surface area contributed by atoms with Gasteiger partial charge >= 0.3 is 0 Å². The van der Waals surface area contributed by atoms with Crippen LogP contribution in [0.25, 0.3) is 11.0 Å². The smallest absolute Gasteiger partial charge is 0.114 e. The van der Waals surface area contributed by atoms with Gasteiger partial charge in [-0.2, -0.15) is 0 Å². The van der Waals surface area contributed by atoms with Crippen LogP contribution in [0.5, 0.6) is 0 Å². The summed E-state index contributed by atoms with van der Waals surface area (Å²) in [7, 11) is 0. The van der Waals surface area contributed by atoms with Crippen LogP contribution in [0.1, 0.15) is 0 Å². The molecule has 0 bridgehead atoms. The maximum Gasteiger partial charge on any atom is 0.114 e. The number of ether oxygens (including phenoxy) is 1. The lowest BCUT2D eigenvalue weighted by Gasteiger charge is -2.28. The van der Waals surface area contributed by atoms with Gasteiger partial charge < -0.3 is 9.84 Å². The van der Waals surface area contributed by atoms with Crippen molar-refractivity contribution in [1.82, 2.24) is 19.9 Å². The first kappa shape index (κ1) is 15.0. The standard InChI is InChI=1S/C13H16Cl2N4O2/c14-10-5-12-13(6-11(10)15)19(17-16-12)8-9(20)7-18-1-3-21-4-2-18/h5-6,9,20H,1-4,7-8H2/t9-/m0/s1. The van der Waals surface area contributed by atoms with Crippen molar-refractivity contribution in [1.29, 1.82) is 0 Å². The fourth-order valence-corrected chi connectivity index (χ4v) is 2.75. The second kappa shape index (κ2) is 6.46. The normalized spacial score (nSPS) is 18.2. The molecule has 1 aromatic heterocycles. The number of hydrogen-bond acceptors (Lipinski definition) is 5. The summed E-state index contributed by atoms with van der Waals surface area (Å²) in [6.45, 7) is 4.07. The van der Waals surface area contributed by atoms with Crippen LogP contribution >= 0.6 is 23.2 Å². The number of rotatable bonds is 4. The fraction of sp³-hybridized carbons (Fsp3) is 0.538. The van der Waals surface area contributed by atoms with Gasteiger partial charge in [-0.15, -0.1) is 5.10 Å². The minimum absolute atomic E-state index is 0.367. The van der Waals surface area contributed by atoms with Crippen molar-refractivity contribution in [2.24, 2.45) is 0 Å². The second-order valence-electron chi connectivity index (χ2n) is 5.09. The molecule has 8 heteroatoms. The minimum atomic E-state index is -0.526. The van der Waals surface area contributed by atoms with Gasteiger partial charge in [0.15, 0.2) is 0 Å². The molecule has 1 saturated heterocycles. The summed E-state index contributed by atoms with van der Waals surface area (Å²) in [5.74, 6) is 0. The van der Waals surface area contributed by atoms with Crippen LogP contribution in [0.3, 0.4) is 0 Å². The van der Waals surface area contributed by atoms with E-state index in [0.717, 1.165) is 18.6 Å². The van der Waals surface area contributed by atoms with Gasteiger partial charge in [-0.3, -0.25) is 4.90 Å². The summed E-state index contributed by atoms with van der Waals surface area (Å²) in [6, 6.07) is 3.40. The van der Waals surface area contributed by atoms with Gasteiger partial charge in [0.05, 0.1) is 41.4 Å². The number of hydrogen-bond donors (Lipinski definition) is 1. The maximum absolute atomic E-state index is 10.2. The highest BCUT2D eigenvalue weighted by atomic mass is 35.5. The summed E-state index contributed by atoms with van der Waals surface area (Å²) in [6.07, 6.45) is -0.526. The molecular weight excluding hydrogens is 315 g/mol. The molecule has 0 saturated carbocycles. The summed E-state index contributed by atoms with van der Waals surface area (Å²) >= 11 is 12.0. The van der Waals surface area contributed by atoms with E-state index in [0.29, 0.717) is 41.9 Å². The molecule has 1 aliphatic rings. The minimum Gasteiger partial charge on any atom is -0.390 e. The molecule has 2 aromatic rings. The van der Waals surface area contributed by atoms with Gasteiger partial charge in [-0.1, -0.05) is 28.4 Å². The number of aliphatic hydroxyl groups is 1. The lowest BCUT2D eigenvalue weighted by Crippen LogP contribution is -2.42. The van der Waals surface area contributed by atoms with E-state index in [9.17, 15) is 5.11 Å². The quantitative estimate of drug-likeness (QED) is 0.918. The monoisotopic (exact) mass is 330 g/mol. The molecule has 2 heterocycles. The second-order valence-corrected chi connectivity index (χ2v) is 5.91. The van der Waals surface area contributed by atoms with Gasteiger partial charge in [0, 0.05) is 19.6 Å². The third-order valence-corrected chi connectivity index (χ3v) is 4.23. The topological polar surface area (TPSA) is 63.4 Å². The first-order chi connectivity index (χ1) is 10.1. The summed E-state index contributed by atoms with van der Waals surface area (Å²) in [5, 5.41) is 19.2. The van der Waals surface area contributed by atoms with E-state index in [4.69, 9.17) is 27.9 Å². The first-order valence-electron chi connectivity index (χ1n) is 6.80. The molecule has 0 aliphatic carbocycles. The van der Waals surface area contributed by atoms with E-state index >= 15 is 0 Å². The zero-order valence-electron chi connectivity index (χ0n) is 11.4. The van der Waals surface area contributed by atoms with Crippen LogP contribution in [0, 0.1) is 0 Å². The van der Waals surface area contributed by atoms with Crippen LogP contribution in [0.2, 0.25) is 10.0 Å². The molecule has 1 aromatic carbocycles. The number of aliphatic hydroxyl groups excluding tert-OH is 1. The van der Waals surface area contributed by atoms with E-state index in [-0.39, 0.29) is 0 Å². The molecule has 0 radical (unpaired) electrons. The van der Waals surface area contributed by atoms with Gasteiger partial charge in [-0.05, 0) is 12.1 Å². The lowest BCUT2D eigenvalue weighted by atomic mass is 10.2. The van der Waals surface area contributed by atoms with Crippen molar-refractivity contribution < 1.29 is 9.84 Å². The van der Waals surface area contributed by atoms with E-state index < -0.39 is 6.10 Å². The molecule has 3 rings (SSSR count). The number of fused-ring (bicyclic) bond motifs is 1. The van der Waals surface area contributed by atoms with Crippen molar-refractivity contribution in [3.63, 3.8) is 0 Å². The Labute approximate surface area is 132 Å². The summed E-state index contributed by atoms with van der Waals surface area (Å²) in [5.41, 5.74) is 1.44. The molecule has 0 spiro atoms. The lowest BCUT2D eigenvalue weighted by molar-refractivity contribution is 0.0110. The van der Waals surface area contributed by atoms with E-state index in [1.54, 1.807) is 16.8 Å². The Balaban J connectivity index is 1.70. The number of halogens is 2. The zero-order chi connectivity index (χ0) is 14.8. The third-order valence-electron chi connectivity index (χ3n) is 3.51. The molecule has 0 unspecified atom stereocenters. The molecule has 1 aliphatic heterocycles. The number of nitrogens with zero attached hydrogens (tertiary/aromatic N) is 4. The molecule has 1 atom stereocenters. The van der Waals surface area contributed by atoms with E-state index in [1.807, 2.05) is 0 Å². The largest absolute Gasteiger partial charge is 0.390 e. The Morgan fingerprint density at radius 2 is 1.90 bits per heavy atom. The van der Waals surface area contributed by atoms with Crippen molar-refractivity contribution in [3.8, 4) is 0 Å². The van der Waals surface area contributed by atoms with E-state index in [1.165, 1.54) is 0 Å². The highest BCUT2D eigenvalue weighted by molar-refractivity contribution is 6.42. The number of aromatic nitrogens is 3. The highest BCUT2D eigenvalue weighted by Crippen LogP contribution is 2.26. The number of benzene rings is 1. The maximum atomic E-state index is 10.2. The van der Waals surface area contributed by atoms with Crippen molar-refractivity contribution in [2.75, 3.05) is 32.8 Å². The van der Waals surface area contributed by atoms with Gasteiger partial charge in [0.1, 0.15) is 5.52 Å². The Kier molecular flexibility index (Phi) is 4.61. The highest BCUT2D eigenvalue weighted by Gasteiger charge is 2.17. The first-order valence-corrected chi connectivity index (χ1v) is 7.55. The summed E-state index contributed by atoms with van der Waals surface area (Å²) in [4.78, 5) is 2.18. The van der Waals surface area contributed by atoms with Crippen LogP contribution in [-0.4, -0.2) is 64.0 Å².